The number of rotatable bonds is 7. The van der Waals surface area contributed by atoms with Crippen molar-refractivity contribution in [2.75, 3.05) is 25.0 Å². The van der Waals surface area contributed by atoms with E-state index >= 15 is 0 Å². The Hall–Kier alpha value is -1.11. The minimum Gasteiger partial charge on any atom is -0.385 e. The van der Waals surface area contributed by atoms with Gasteiger partial charge in [-0.1, -0.05) is 6.92 Å². The second-order valence-electron chi connectivity index (χ2n) is 5.43. The summed E-state index contributed by atoms with van der Waals surface area (Å²) in [6, 6.07) is 6.86. The maximum atomic E-state index is 12.2. The van der Waals surface area contributed by atoms with Gasteiger partial charge < -0.3 is 10.1 Å². The molecule has 0 spiro atoms. The second-order valence-corrected chi connectivity index (χ2v) is 7.19. The van der Waals surface area contributed by atoms with Gasteiger partial charge in [0.15, 0.2) is 0 Å². The van der Waals surface area contributed by atoms with E-state index in [1.54, 1.807) is 24.3 Å². The predicted octanol–water partition coefficient (Wildman–Crippen LogP) is 2.21. The predicted molar refractivity (Wildman–Crippen MR) is 83.9 cm³/mol. The van der Waals surface area contributed by atoms with E-state index < -0.39 is 10.0 Å². The highest BCUT2D eigenvalue weighted by molar-refractivity contribution is 7.89. The van der Waals surface area contributed by atoms with Crippen molar-refractivity contribution in [2.45, 2.75) is 37.7 Å². The molecule has 1 saturated heterocycles. The molecule has 1 aromatic rings. The molecule has 6 heteroatoms. The fourth-order valence-corrected chi connectivity index (χ4v) is 3.46. The van der Waals surface area contributed by atoms with Crippen LogP contribution < -0.4 is 10.0 Å². The van der Waals surface area contributed by atoms with Crippen LogP contribution in [0, 0.1) is 5.92 Å². The molecule has 21 heavy (non-hydrogen) atoms. The van der Waals surface area contributed by atoms with E-state index in [1.165, 1.54) is 0 Å². The Morgan fingerprint density at radius 3 is 2.57 bits per heavy atom. The molecule has 0 aromatic heterocycles. The first-order valence-electron chi connectivity index (χ1n) is 7.48. The summed E-state index contributed by atoms with van der Waals surface area (Å²) in [6.45, 7) is 6.10. The highest BCUT2D eigenvalue weighted by Gasteiger charge is 2.26. The standard InChI is InChI=1S/C15H24N2O3S/c1-3-9-16-14-4-6-15(7-5-14)21(18,19)17-11-13-8-10-20-12(13)2/h4-7,12-13,16-17H,3,8-11H2,1-2H3. The number of hydrogen-bond acceptors (Lipinski definition) is 4. The van der Waals surface area contributed by atoms with Gasteiger partial charge in [0.2, 0.25) is 10.0 Å². The maximum Gasteiger partial charge on any atom is 0.240 e. The van der Waals surface area contributed by atoms with Crippen LogP contribution in [0.4, 0.5) is 5.69 Å². The van der Waals surface area contributed by atoms with Crippen molar-refractivity contribution in [3.63, 3.8) is 0 Å². The first-order chi connectivity index (χ1) is 10.0. The summed E-state index contributed by atoms with van der Waals surface area (Å²) >= 11 is 0. The molecule has 118 valence electrons. The minimum absolute atomic E-state index is 0.119. The smallest absolute Gasteiger partial charge is 0.240 e. The molecule has 2 unspecified atom stereocenters. The Bertz CT molecular complexity index is 543. The van der Waals surface area contributed by atoms with Crippen molar-refractivity contribution in [3.8, 4) is 0 Å². The van der Waals surface area contributed by atoms with Crippen LogP contribution in [0.2, 0.25) is 0 Å². The molecule has 0 aliphatic carbocycles. The lowest BCUT2D eigenvalue weighted by atomic mass is 10.0. The quantitative estimate of drug-likeness (QED) is 0.810. The maximum absolute atomic E-state index is 12.2. The number of benzene rings is 1. The Balaban J connectivity index is 1.95. The third-order valence-corrected chi connectivity index (χ3v) is 5.25. The zero-order chi connectivity index (χ0) is 15.3. The van der Waals surface area contributed by atoms with Gasteiger partial charge in [0.05, 0.1) is 11.0 Å². The summed E-state index contributed by atoms with van der Waals surface area (Å²) < 4.78 is 32.6. The molecule has 2 atom stereocenters. The van der Waals surface area contributed by atoms with E-state index in [9.17, 15) is 8.42 Å². The number of ether oxygens (including phenoxy) is 1. The van der Waals surface area contributed by atoms with Gasteiger partial charge in [-0.3, -0.25) is 0 Å². The van der Waals surface area contributed by atoms with Gasteiger partial charge >= 0.3 is 0 Å². The normalized spacial score (nSPS) is 22.4. The average Bonchev–Trinajstić information content (AvgIpc) is 2.89. The SMILES string of the molecule is CCCNc1ccc(S(=O)(=O)NCC2CCOC2C)cc1. The van der Waals surface area contributed by atoms with Gasteiger partial charge in [-0.15, -0.1) is 0 Å². The number of nitrogens with one attached hydrogen (secondary N) is 2. The molecule has 0 amide bonds. The number of hydrogen-bond donors (Lipinski definition) is 2. The van der Waals surface area contributed by atoms with Crippen LogP contribution in [0.25, 0.3) is 0 Å². The molecule has 1 heterocycles. The topological polar surface area (TPSA) is 67.4 Å². The summed E-state index contributed by atoms with van der Waals surface area (Å²) in [7, 11) is -3.44. The van der Waals surface area contributed by atoms with Crippen molar-refractivity contribution in [3.05, 3.63) is 24.3 Å². The lowest BCUT2D eigenvalue weighted by Gasteiger charge is -2.15. The zero-order valence-electron chi connectivity index (χ0n) is 12.6. The van der Waals surface area contributed by atoms with E-state index in [4.69, 9.17) is 4.74 Å². The Kier molecular flexibility index (Phi) is 5.61. The zero-order valence-corrected chi connectivity index (χ0v) is 13.4. The molecule has 0 saturated carbocycles. The Morgan fingerprint density at radius 2 is 2.00 bits per heavy atom. The number of sulfonamides is 1. The molecule has 0 bridgehead atoms. The van der Waals surface area contributed by atoms with E-state index in [2.05, 4.69) is 17.0 Å². The van der Waals surface area contributed by atoms with Crippen LogP contribution in [-0.4, -0.2) is 34.2 Å². The van der Waals surface area contributed by atoms with Crippen LogP contribution in [-0.2, 0) is 14.8 Å². The Labute approximate surface area is 127 Å². The molecule has 0 radical (unpaired) electrons. The molecule has 2 N–H and O–H groups in total. The summed E-state index contributed by atoms with van der Waals surface area (Å²) in [5.41, 5.74) is 0.939. The molecule has 1 aromatic carbocycles. The van der Waals surface area contributed by atoms with Gasteiger partial charge in [-0.2, -0.15) is 0 Å². The van der Waals surface area contributed by atoms with Gasteiger partial charge in [0, 0.05) is 31.3 Å². The van der Waals surface area contributed by atoms with Crippen LogP contribution in [0.1, 0.15) is 26.7 Å². The summed E-state index contributed by atoms with van der Waals surface area (Å²) in [5.74, 6) is 0.255. The summed E-state index contributed by atoms with van der Waals surface area (Å²) in [5, 5.41) is 3.22. The molecule has 1 fully saturated rings. The van der Waals surface area contributed by atoms with Crippen molar-refractivity contribution in [1.82, 2.24) is 4.72 Å². The molecule has 1 aliphatic heterocycles. The van der Waals surface area contributed by atoms with Crippen molar-refractivity contribution in [1.29, 1.82) is 0 Å². The fraction of sp³-hybridized carbons (Fsp3) is 0.600. The molecular weight excluding hydrogens is 288 g/mol. The number of anilines is 1. The lowest BCUT2D eigenvalue weighted by Crippen LogP contribution is -2.32. The van der Waals surface area contributed by atoms with Crippen molar-refractivity contribution >= 4 is 15.7 Å². The first-order valence-corrected chi connectivity index (χ1v) is 8.96. The monoisotopic (exact) mass is 312 g/mol. The minimum atomic E-state index is -3.44. The van der Waals surface area contributed by atoms with Gasteiger partial charge in [-0.25, -0.2) is 13.1 Å². The highest BCUT2D eigenvalue weighted by atomic mass is 32.2. The van der Waals surface area contributed by atoms with Gasteiger partial charge in [0.25, 0.3) is 0 Å². The van der Waals surface area contributed by atoms with Crippen LogP contribution in [0.3, 0.4) is 0 Å². The van der Waals surface area contributed by atoms with E-state index in [0.29, 0.717) is 18.0 Å². The van der Waals surface area contributed by atoms with Crippen LogP contribution in [0.5, 0.6) is 0 Å². The molecule has 1 aliphatic rings. The Morgan fingerprint density at radius 1 is 1.29 bits per heavy atom. The lowest BCUT2D eigenvalue weighted by molar-refractivity contribution is 0.107. The van der Waals surface area contributed by atoms with E-state index in [0.717, 1.165) is 25.1 Å². The van der Waals surface area contributed by atoms with Crippen LogP contribution >= 0.6 is 0 Å². The average molecular weight is 312 g/mol. The molecule has 5 nitrogen and oxygen atoms in total. The van der Waals surface area contributed by atoms with E-state index in [-0.39, 0.29) is 12.0 Å². The van der Waals surface area contributed by atoms with E-state index in [1.807, 2.05) is 6.92 Å². The molecule has 2 rings (SSSR count). The third kappa shape index (κ3) is 4.43. The highest BCUT2D eigenvalue weighted by Crippen LogP contribution is 2.20. The third-order valence-electron chi connectivity index (χ3n) is 3.81. The van der Waals surface area contributed by atoms with Crippen LogP contribution in [0.15, 0.2) is 29.2 Å². The summed E-state index contributed by atoms with van der Waals surface area (Å²) in [6.07, 6.45) is 2.06. The van der Waals surface area contributed by atoms with Gasteiger partial charge in [0.1, 0.15) is 0 Å². The molecular formula is C15H24N2O3S. The first kappa shape index (κ1) is 16.3. The van der Waals surface area contributed by atoms with Crippen molar-refractivity contribution < 1.29 is 13.2 Å². The fourth-order valence-electron chi connectivity index (χ4n) is 2.37. The second kappa shape index (κ2) is 7.24. The van der Waals surface area contributed by atoms with Gasteiger partial charge in [-0.05, 0) is 44.0 Å². The largest absolute Gasteiger partial charge is 0.385 e. The summed E-state index contributed by atoms with van der Waals surface area (Å²) in [4.78, 5) is 0.302. The van der Waals surface area contributed by atoms with Crippen molar-refractivity contribution in [2.24, 2.45) is 5.92 Å².